The van der Waals surface area contributed by atoms with E-state index in [0.717, 1.165) is 5.56 Å². The molecule has 96 valence electrons. The molecule has 0 aliphatic carbocycles. The van der Waals surface area contributed by atoms with Crippen molar-refractivity contribution in [1.29, 1.82) is 0 Å². The number of halogens is 1. The van der Waals surface area contributed by atoms with Crippen LogP contribution in [0.2, 0.25) is 5.02 Å². The number of para-hydroxylation sites is 1. The maximum atomic E-state index is 12.1. The van der Waals surface area contributed by atoms with Crippen LogP contribution in [0.3, 0.4) is 0 Å². The predicted octanol–water partition coefficient (Wildman–Crippen LogP) is 4.24. The van der Waals surface area contributed by atoms with Gasteiger partial charge in [-0.1, -0.05) is 41.9 Å². The summed E-state index contributed by atoms with van der Waals surface area (Å²) in [6.07, 6.45) is 3.25. The third kappa shape index (κ3) is 3.46. The minimum Gasteiger partial charge on any atom is -0.496 e. The Morgan fingerprint density at radius 3 is 2.68 bits per heavy atom. The van der Waals surface area contributed by atoms with Gasteiger partial charge in [0, 0.05) is 5.02 Å². The molecule has 19 heavy (non-hydrogen) atoms. The molecular weight excluding hydrogens is 260 g/mol. The number of hydrogen-bond acceptors (Lipinski definition) is 2. The number of ether oxygens (including phenoxy) is 1. The van der Waals surface area contributed by atoms with Gasteiger partial charge >= 0.3 is 0 Å². The topological polar surface area (TPSA) is 26.3 Å². The molecule has 0 spiro atoms. The SMILES string of the molecule is COc1ccccc1C(=O)C=Cc1cccc(Cl)c1. The molecule has 2 nitrogen and oxygen atoms in total. The van der Waals surface area contributed by atoms with E-state index in [-0.39, 0.29) is 5.78 Å². The number of carbonyl (C=O) groups is 1. The maximum absolute atomic E-state index is 12.1. The van der Waals surface area contributed by atoms with Gasteiger partial charge in [0.15, 0.2) is 5.78 Å². The first-order valence-corrected chi connectivity index (χ1v) is 6.19. The first-order valence-electron chi connectivity index (χ1n) is 5.81. The minimum atomic E-state index is -0.0996. The Labute approximate surface area is 117 Å². The number of carbonyl (C=O) groups excluding carboxylic acids is 1. The fourth-order valence-electron chi connectivity index (χ4n) is 1.72. The van der Waals surface area contributed by atoms with Gasteiger partial charge in [0.25, 0.3) is 0 Å². The van der Waals surface area contributed by atoms with Gasteiger partial charge in [-0.2, -0.15) is 0 Å². The molecule has 0 saturated carbocycles. The molecule has 0 fully saturated rings. The van der Waals surface area contributed by atoms with Gasteiger partial charge in [-0.3, -0.25) is 4.79 Å². The van der Waals surface area contributed by atoms with Crippen molar-refractivity contribution in [1.82, 2.24) is 0 Å². The van der Waals surface area contributed by atoms with Crippen molar-refractivity contribution in [2.24, 2.45) is 0 Å². The lowest BCUT2D eigenvalue weighted by Crippen LogP contribution is -1.98. The van der Waals surface area contributed by atoms with Gasteiger partial charge in [-0.25, -0.2) is 0 Å². The quantitative estimate of drug-likeness (QED) is 0.614. The van der Waals surface area contributed by atoms with Gasteiger partial charge in [0.2, 0.25) is 0 Å². The lowest BCUT2D eigenvalue weighted by molar-refractivity contribution is 0.104. The van der Waals surface area contributed by atoms with Crippen LogP contribution in [0, 0.1) is 0 Å². The molecular formula is C16H13ClO2. The van der Waals surface area contributed by atoms with Crippen LogP contribution < -0.4 is 4.74 Å². The first-order chi connectivity index (χ1) is 9.20. The Hall–Kier alpha value is -2.06. The van der Waals surface area contributed by atoms with Crippen molar-refractivity contribution in [3.63, 3.8) is 0 Å². The van der Waals surface area contributed by atoms with Crippen molar-refractivity contribution >= 4 is 23.5 Å². The van der Waals surface area contributed by atoms with E-state index in [1.54, 1.807) is 37.5 Å². The lowest BCUT2D eigenvalue weighted by atomic mass is 10.1. The molecule has 2 rings (SSSR count). The average Bonchev–Trinajstić information content (AvgIpc) is 2.45. The second-order valence-electron chi connectivity index (χ2n) is 3.95. The molecule has 0 radical (unpaired) electrons. The van der Waals surface area contributed by atoms with Crippen LogP contribution in [0.1, 0.15) is 15.9 Å². The Bertz CT molecular complexity index is 618. The summed E-state index contributed by atoms with van der Waals surface area (Å²) in [6, 6.07) is 14.5. The summed E-state index contributed by atoms with van der Waals surface area (Å²) in [6.45, 7) is 0. The van der Waals surface area contributed by atoms with E-state index in [4.69, 9.17) is 16.3 Å². The first kappa shape index (κ1) is 13.4. The van der Waals surface area contributed by atoms with E-state index in [0.29, 0.717) is 16.3 Å². The van der Waals surface area contributed by atoms with Crippen molar-refractivity contribution in [2.45, 2.75) is 0 Å². The standard InChI is InChI=1S/C16H13ClO2/c1-19-16-8-3-2-7-14(16)15(18)10-9-12-5-4-6-13(17)11-12/h2-11H,1H3. The summed E-state index contributed by atoms with van der Waals surface area (Å²) in [5, 5.41) is 0.645. The van der Waals surface area contributed by atoms with Gasteiger partial charge in [-0.15, -0.1) is 0 Å². The smallest absolute Gasteiger partial charge is 0.189 e. The van der Waals surface area contributed by atoms with Crippen molar-refractivity contribution in [3.8, 4) is 5.75 Å². The zero-order valence-corrected chi connectivity index (χ0v) is 11.2. The highest BCUT2D eigenvalue weighted by Crippen LogP contribution is 2.19. The van der Waals surface area contributed by atoms with E-state index in [9.17, 15) is 4.79 Å². The van der Waals surface area contributed by atoms with Crippen LogP contribution in [0.25, 0.3) is 6.08 Å². The Kier molecular flexibility index (Phi) is 4.37. The Morgan fingerprint density at radius 2 is 1.95 bits per heavy atom. The van der Waals surface area contributed by atoms with Crippen LogP contribution >= 0.6 is 11.6 Å². The summed E-state index contributed by atoms with van der Waals surface area (Å²) in [7, 11) is 1.55. The van der Waals surface area contributed by atoms with E-state index in [1.165, 1.54) is 6.08 Å². The highest BCUT2D eigenvalue weighted by atomic mass is 35.5. The fraction of sp³-hybridized carbons (Fsp3) is 0.0625. The molecule has 0 unspecified atom stereocenters. The number of hydrogen-bond donors (Lipinski definition) is 0. The molecule has 0 aliphatic heterocycles. The highest BCUT2D eigenvalue weighted by molar-refractivity contribution is 6.30. The predicted molar refractivity (Wildman–Crippen MR) is 77.8 cm³/mol. The van der Waals surface area contributed by atoms with Crippen LogP contribution in [-0.2, 0) is 0 Å². The molecule has 0 bridgehead atoms. The molecule has 2 aromatic carbocycles. The van der Waals surface area contributed by atoms with Crippen molar-refractivity contribution in [2.75, 3.05) is 7.11 Å². The third-order valence-electron chi connectivity index (χ3n) is 2.65. The van der Waals surface area contributed by atoms with E-state index in [1.807, 2.05) is 24.3 Å². The minimum absolute atomic E-state index is 0.0996. The molecule has 0 saturated heterocycles. The second kappa shape index (κ2) is 6.21. The van der Waals surface area contributed by atoms with Crippen molar-refractivity contribution in [3.05, 3.63) is 70.8 Å². The lowest BCUT2D eigenvalue weighted by Gasteiger charge is -2.04. The van der Waals surface area contributed by atoms with Crippen LogP contribution in [-0.4, -0.2) is 12.9 Å². The summed E-state index contributed by atoms with van der Waals surface area (Å²) >= 11 is 5.89. The highest BCUT2D eigenvalue weighted by Gasteiger charge is 2.07. The molecule has 2 aromatic rings. The largest absolute Gasteiger partial charge is 0.496 e. The fourth-order valence-corrected chi connectivity index (χ4v) is 1.92. The summed E-state index contributed by atoms with van der Waals surface area (Å²) < 4.78 is 5.16. The number of benzene rings is 2. The van der Waals surface area contributed by atoms with E-state index < -0.39 is 0 Å². The zero-order chi connectivity index (χ0) is 13.7. The van der Waals surface area contributed by atoms with Gasteiger partial charge in [0.1, 0.15) is 5.75 Å². The molecule has 3 heteroatoms. The molecule has 0 aromatic heterocycles. The van der Waals surface area contributed by atoms with Gasteiger partial charge in [-0.05, 0) is 35.9 Å². The summed E-state index contributed by atoms with van der Waals surface area (Å²) in [5.74, 6) is 0.473. The van der Waals surface area contributed by atoms with E-state index in [2.05, 4.69) is 0 Å². The number of methoxy groups -OCH3 is 1. The van der Waals surface area contributed by atoms with E-state index >= 15 is 0 Å². The number of allylic oxidation sites excluding steroid dienone is 1. The normalized spacial score (nSPS) is 10.6. The van der Waals surface area contributed by atoms with Crippen LogP contribution in [0.5, 0.6) is 5.75 Å². The zero-order valence-electron chi connectivity index (χ0n) is 10.5. The molecule has 0 heterocycles. The van der Waals surface area contributed by atoms with Gasteiger partial charge in [0.05, 0.1) is 12.7 Å². The second-order valence-corrected chi connectivity index (χ2v) is 4.39. The van der Waals surface area contributed by atoms with Gasteiger partial charge < -0.3 is 4.74 Å². The number of ketones is 1. The molecule has 0 aliphatic rings. The third-order valence-corrected chi connectivity index (χ3v) is 2.88. The summed E-state index contributed by atoms with van der Waals surface area (Å²) in [4.78, 5) is 12.1. The monoisotopic (exact) mass is 272 g/mol. The maximum Gasteiger partial charge on any atom is 0.189 e. The molecule has 0 N–H and O–H groups in total. The van der Waals surface area contributed by atoms with Crippen molar-refractivity contribution < 1.29 is 9.53 Å². The molecule has 0 atom stereocenters. The Balaban J connectivity index is 2.21. The van der Waals surface area contributed by atoms with Crippen LogP contribution in [0.4, 0.5) is 0 Å². The Morgan fingerprint density at radius 1 is 1.16 bits per heavy atom. The van der Waals surface area contributed by atoms with Crippen LogP contribution in [0.15, 0.2) is 54.6 Å². The average molecular weight is 273 g/mol. The molecule has 0 amide bonds. The number of rotatable bonds is 4. The summed E-state index contributed by atoms with van der Waals surface area (Å²) in [5.41, 5.74) is 1.43.